The van der Waals surface area contributed by atoms with Crippen molar-refractivity contribution < 1.29 is 4.74 Å². The Kier molecular flexibility index (Phi) is 11.5. The van der Waals surface area contributed by atoms with Crippen LogP contribution in [0.15, 0.2) is 35.3 Å². The van der Waals surface area contributed by atoms with Crippen LogP contribution in [-0.4, -0.2) is 63.8 Å². The lowest BCUT2D eigenvalue weighted by atomic mass is 9.78. The highest BCUT2D eigenvalue weighted by atomic mass is 127. The quantitative estimate of drug-likeness (QED) is 0.329. The highest BCUT2D eigenvalue weighted by molar-refractivity contribution is 14.0. The normalized spacial score (nSPS) is 21.4. The first-order valence-corrected chi connectivity index (χ1v) is 10.6. The smallest absolute Gasteiger partial charge is 0.191 e. The van der Waals surface area contributed by atoms with Crippen molar-refractivity contribution >= 4 is 29.9 Å². The number of hydrogen-bond donors (Lipinski definition) is 2. The zero-order chi connectivity index (χ0) is 20.6. The number of hydrogen-bond acceptors (Lipinski definition) is 3. The molecule has 2 N–H and O–H groups in total. The Labute approximate surface area is 195 Å². The maximum Gasteiger partial charge on any atom is 0.191 e. The van der Waals surface area contributed by atoms with Crippen molar-refractivity contribution in [1.29, 1.82) is 0 Å². The van der Waals surface area contributed by atoms with E-state index >= 15 is 0 Å². The van der Waals surface area contributed by atoms with E-state index in [0.717, 1.165) is 38.5 Å². The van der Waals surface area contributed by atoms with Crippen LogP contribution in [0, 0.1) is 11.3 Å². The van der Waals surface area contributed by atoms with Crippen LogP contribution < -0.4 is 10.6 Å². The number of nitrogens with one attached hydrogen (secondary N) is 2. The minimum absolute atomic E-state index is 0. The molecule has 0 aromatic heterocycles. The van der Waals surface area contributed by atoms with E-state index < -0.39 is 0 Å². The van der Waals surface area contributed by atoms with Crippen molar-refractivity contribution in [1.82, 2.24) is 15.5 Å². The Morgan fingerprint density at radius 3 is 2.48 bits per heavy atom. The highest BCUT2D eigenvalue weighted by Crippen LogP contribution is 2.33. The Bertz CT molecular complexity index is 601. The van der Waals surface area contributed by atoms with Gasteiger partial charge in [-0.05, 0) is 44.3 Å². The van der Waals surface area contributed by atoms with Crippen molar-refractivity contribution in [3.05, 3.63) is 35.9 Å². The molecule has 1 aliphatic rings. The summed E-state index contributed by atoms with van der Waals surface area (Å²) in [6, 6.07) is 11.1. The summed E-state index contributed by atoms with van der Waals surface area (Å²) < 4.78 is 6.11. The molecule has 3 atom stereocenters. The molecule has 1 aromatic rings. The van der Waals surface area contributed by atoms with Gasteiger partial charge in [-0.2, -0.15) is 0 Å². The topological polar surface area (TPSA) is 48.9 Å². The molecule has 0 saturated carbocycles. The molecule has 5 nitrogen and oxygen atoms in total. The van der Waals surface area contributed by atoms with Gasteiger partial charge >= 0.3 is 0 Å². The van der Waals surface area contributed by atoms with Crippen molar-refractivity contribution in [2.75, 3.05) is 40.8 Å². The van der Waals surface area contributed by atoms with Gasteiger partial charge in [-0.3, -0.25) is 4.99 Å². The third kappa shape index (κ3) is 8.80. The standard InChI is InChI=1S/C23H40N4O.HI/c1-23(2,3)21-19(13-10-14-28-21)16-25-22(24-4)26-17-20(27(5)6)15-18-11-8-7-9-12-18;/h7-9,11-12,19-21H,10,13-17H2,1-6H3,(H2,24,25,26);1H. The van der Waals surface area contributed by atoms with Crippen LogP contribution >= 0.6 is 24.0 Å². The Morgan fingerprint density at radius 2 is 1.90 bits per heavy atom. The summed E-state index contributed by atoms with van der Waals surface area (Å²) in [6.07, 6.45) is 3.66. The molecule has 2 rings (SSSR count). The van der Waals surface area contributed by atoms with Crippen LogP contribution in [0.25, 0.3) is 0 Å². The fourth-order valence-corrected chi connectivity index (χ4v) is 4.00. The summed E-state index contributed by atoms with van der Waals surface area (Å²) in [5.74, 6) is 1.39. The molecule has 0 radical (unpaired) electrons. The van der Waals surface area contributed by atoms with Gasteiger partial charge in [-0.1, -0.05) is 51.1 Å². The molecule has 1 saturated heterocycles. The molecule has 0 spiro atoms. The molecule has 1 aliphatic heterocycles. The molecule has 166 valence electrons. The first kappa shape index (κ1) is 26.2. The predicted octanol–water partition coefficient (Wildman–Crippen LogP) is 3.78. The number of benzene rings is 1. The van der Waals surface area contributed by atoms with Gasteiger partial charge < -0.3 is 20.3 Å². The Balaban J connectivity index is 0.00000420. The molecule has 0 bridgehead atoms. The van der Waals surface area contributed by atoms with Gasteiger partial charge in [-0.15, -0.1) is 24.0 Å². The molecule has 3 unspecified atom stereocenters. The fourth-order valence-electron chi connectivity index (χ4n) is 4.00. The molecule has 1 fully saturated rings. The molecule has 0 aliphatic carbocycles. The SMILES string of the molecule is CN=C(NCC1CCCOC1C(C)(C)C)NCC(Cc1ccccc1)N(C)C.I. The van der Waals surface area contributed by atoms with Crippen LogP contribution in [0.5, 0.6) is 0 Å². The molecule has 29 heavy (non-hydrogen) atoms. The molecule has 0 amide bonds. The maximum atomic E-state index is 6.11. The fraction of sp³-hybridized carbons (Fsp3) is 0.696. The second kappa shape index (κ2) is 12.7. The van der Waals surface area contributed by atoms with Gasteiger partial charge in [0.1, 0.15) is 0 Å². The molecule has 6 heteroatoms. The third-order valence-electron chi connectivity index (χ3n) is 5.60. The van der Waals surface area contributed by atoms with Crippen molar-refractivity contribution in [3.63, 3.8) is 0 Å². The highest BCUT2D eigenvalue weighted by Gasteiger charge is 2.35. The van der Waals surface area contributed by atoms with E-state index in [9.17, 15) is 0 Å². The lowest BCUT2D eigenvalue weighted by Gasteiger charge is -2.40. The summed E-state index contributed by atoms with van der Waals surface area (Å²) in [5.41, 5.74) is 1.52. The number of ether oxygens (including phenoxy) is 1. The maximum absolute atomic E-state index is 6.11. The molecule has 1 heterocycles. The second-order valence-corrected chi connectivity index (χ2v) is 9.20. The van der Waals surface area contributed by atoms with Gasteiger partial charge in [0.25, 0.3) is 0 Å². The van der Waals surface area contributed by atoms with E-state index in [0.29, 0.717) is 18.1 Å². The van der Waals surface area contributed by atoms with Crippen molar-refractivity contribution in [2.45, 2.75) is 52.2 Å². The number of aliphatic imine (C=N–C) groups is 1. The summed E-state index contributed by atoms with van der Waals surface area (Å²) in [5, 5.41) is 7.06. The van der Waals surface area contributed by atoms with Gasteiger partial charge in [0.05, 0.1) is 6.10 Å². The monoisotopic (exact) mass is 516 g/mol. The second-order valence-electron chi connectivity index (χ2n) is 9.20. The van der Waals surface area contributed by atoms with E-state index in [2.05, 4.69) is 85.7 Å². The van der Waals surface area contributed by atoms with E-state index in [-0.39, 0.29) is 29.4 Å². The lowest BCUT2D eigenvalue weighted by Crippen LogP contribution is -2.49. The molecular weight excluding hydrogens is 475 g/mol. The minimum Gasteiger partial charge on any atom is -0.377 e. The summed E-state index contributed by atoms with van der Waals surface area (Å²) in [7, 11) is 6.12. The first-order valence-electron chi connectivity index (χ1n) is 10.6. The van der Waals surface area contributed by atoms with Crippen LogP contribution in [0.1, 0.15) is 39.2 Å². The zero-order valence-electron chi connectivity index (χ0n) is 19.1. The Morgan fingerprint density at radius 1 is 1.21 bits per heavy atom. The summed E-state index contributed by atoms with van der Waals surface area (Å²) in [6.45, 7) is 9.45. The van der Waals surface area contributed by atoms with E-state index in [1.54, 1.807) is 0 Å². The van der Waals surface area contributed by atoms with Gasteiger partial charge in [0.2, 0.25) is 0 Å². The van der Waals surface area contributed by atoms with Gasteiger partial charge in [0, 0.05) is 38.7 Å². The molecular formula is C23H41IN4O. The van der Waals surface area contributed by atoms with Crippen LogP contribution in [-0.2, 0) is 11.2 Å². The average Bonchev–Trinajstić information content (AvgIpc) is 2.67. The Hall–Kier alpha value is -0.860. The van der Waals surface area contributed by atoms with E-state index in [1.165, 1.54) is 12.0 Å². The van der Waals surface area contributed by atoms with E-state index in [1.807, 2.05) is 7.05 Å². The molecule has 1 aromatic carbocycles. The van der Waals surface area contributed by atoms with Crippen LogP contribution in [0.4, 0.5) is 0 Å². The third-order valence-corrected chi connectivity index (χ3v) is 5.60. The van der Waals surface area contributed by atoms with Crippen molar-refractivity contribution in [2.24, 2.45) is 16.3 Å². The van der Waals surface area contributed by atoms with Gasteiger partial charge in [0.15, 0.2) is 5.96 Å². The van der Waals surface area contributed by atoms with Crippen LogP contribution in [0.2, 0.25) is 0 Å². The predicted molar refractivity (Wildman–Crippen MR) is 134 cm³/mol. The summed E-state index contributed by atoms with van der Waals surface area (Å²) >= 11 is 0. The van der Waals surface area contributed by atoms with Gasteiger partial charge in [-0.25, -0.2) is 0 Å². The minimum atomic E-state index is 0. The first-order chi connectivity index (χ1) is 13.3. The number of guanidine groups is 1. The number of halogens is 1. The lowest BCUT2D eigenvalue weighted by molar-refractivity contribution is -0.0835. The number of nitrogens with zero attached hydrogens (tertiary/aromatic N) is 2. The average molecular weight is 517 g/mol. The van der Waals surface area contributed by atoms with Crippen LogP contribution in [0.3, 0.4) is 0 Å². The summed E-state index contributed by atoms with van der Waals surface area (Å²) in [4.78, 5) is 6.71. The van der Waals surface area contributed by atoms with Crippen molar-refractivity contribution in [3.8, 4) is 0 Å². The van der Waals surface area contributed by atoms with E-state index in [4.69, 9.17) is 4.74 Å². The zero-order valence-corrected chi connectivity index (χ0v) is 21.4. The largest absolute Gasteiger partial charge is 0.377 e. The number of rotatable bonds is 7. The number of likely N-dealkylation sites (N-methyl/N-ethyl adjacent to an activating group) is 1.